The minimum atomic E-state index is -3.74. The van der Waals surface area contributed by atoms with Gasteiger partial charge in [0, 0.05) is 12.0 Å². The number of nitrogens with two attached hydrogens (primary N) is 1. The number of sulfonamides is 1. The number of hydrogen-bond donors (Lipinski definition) is 2. The van der Waals surface area contributed by atoms with Crippen molar-refractivity contribution >= 4 is 38.2 Å². The molecule has 5 nitrogen and oxygen atoms in total. The van der Waals surface area contributed by atoms with Crippen LogP contribution in [0.2, 0.25) is 0 Å². The molecule has 8 heteroatoms. The number of unbranched alkanes of at least 4 members (excludes halogenated alkanes) is 1. The molecule has 25 heavy (non-hydrogen) atoms. The summed E-state index contributed by atoms with van der Waals surface area (Å²) >= 11 is 11.2. The van der Waals surface area contributed by atoms with Crippen molar-refractivity contribution < 1.29 is 13.2 Å². The highest BCUT2D eigenvalue weighted by molar-refractivity contribution is 7.89. The molecular weight excluding hydrogens is 380 g/mol. The molecule has 2 fully saturated rings. The molecule has 0 radical (unpaired) electrons. The third-order valence-corrected chi connectivity index (χ3v) is 7.35. The second-order valence-electron chi connectivity index (χ2n) is 7.37. The number of halogens is 1. The van der Waals surface area contributed by atoms with Crippen molar-refractivity contribution in [3.63, 3.8) is 0 Å². The van der Waals surface area contributed by atoms with Crippen LogP contribution in [0.1, 0.15) is 64.7 Å². The topological polar surface area (TPSA) is 81.4 Å². The van der Waals surface area contributed by atoms with Crippen LogP contribution in [0.4, 0.5) is 0 Å². The highest BCUT2D eigenvalue weighted by Crippen LogP contribution is 2.35. The van der Waals surface area contributed by atoms with Gasteiger partial charge in [-0.3, -0.25) is 0 Å². The number of thiocarbonyl (C=S) groups is 1. The van der Waals surface area contributed by atoms with E-state index in [2.05, 4.69) is 12.2 Å². The van der Waals surface area contributed by atoms with E-state index < -0.39 is 21.4 Å². The summed E-state index contributed by atoms with van der Waals surface area (Å²) in [6, 6.07) is -0.0905. The third-order valence-electron chi connectivity index (χ3n) is 5.40. The highest BCUT2D eigenvalue weighted by atomic mass is 35.5. The zero-order valence-corrected chi connectivity index (χ0v) is 17.3. The first kappa shape index (κ1) is 21.5. The predicted octanol–water partition coefficient (Wildman–Crippen LogP) is 3.10. The van der Waals surface area contributed by atoms with Crippen LogP contribution in [-0.4, -0.2) is 42.8 Å². The van der Waals surface area contributed by atoms with E-state index in [0.717, 1.165) is 45.1 Å². The number of nitrogens with one attached hydrogen (secondary N) is 1. The van der Waals surface area contributed by atoms with Crippen LogP contribution in [0.5, 0.6) is 0 Å². The van der Waals surface area contributed by atoms with Crippen LogP contribution in [0.25, 0.3) is 0 Å². The molecule has 0 aliphatic heterocycles. The maximum absolute atomic E-state index is 12.3. The average molecular weight is 411 g/mol. The Balaban J connectivity index is 2.19. The van der Waals surface area contributed by atoms with Gasteiger partial charge in [0.2, 0.25) is 10.0 Å². The van der Waals surface area contributed by atoms with E-state index in [-0.39, 0.29) is 18.1 Å². The van der Waals surface area contributed by atoms with Crippen LogP contribution in [0, 0.1) is 5.92 Å². The largest absolute Gasteiger partial charge is 0.372 e. The second kappa shape index (κ2) is 9.95. The van der Waals surface area contributed by atoms with Gasteiger partial charge in [-0.2, -0.15) is 0 Å². The van der Waals surface area contributed by atoms with Gasteiger partial charge in [0.1, 0.15) is 5.25 Å². The van der Waals surface area contributed by atoms with Gasteiger partial charge in [0.15, 0.2) is 0 Å². The maximum atomic E-state index is 12.3. The normalized spacial score (nSPS) is 31.8. The molecule has 0 aromatic carbocycles. The van der Waals surface area contributed by atoms with Crippen molar-refractivity contribution in [2.75, 3.05) is 6.54 Å². The Morgan fingerprint density at radius 2 is 1.96 bits per heavy atom. The Morgan fingerprint density at radius 1 is 1.28 bits per heavy atom. The molecule has 2 rings (SSSR count). The molecule has 0 aromatic heterocycles. The summed E-state index contributed by atoms with van der Waals surface area (Å²) in [6.45, 7) is 2.95. The number of hydrogen-bond acceptors (Lipinski definition) is 5. The van der Waals surface area contributed by atoms with E-state index in [1.807, 2.05) is 0 Å². The number of rotatable bonds is 8. The summed E-state index contributed by atoms with van der Waals surface area (Å²) in [5, 5.41) is 8.29. The van der Waals surface area contributed by atoms with Gasteiger partial charge in [-0.15, -0.1) is 0 Å². The Morgan fingerprint density at radius 3 is 2.52 bits per heavy atom. The summed E-state index contributed by atoms with van der Waals surface area (Å²) in [5.74, 6) is -0.134. The Bertz CT molecular complexity index is 538. The molecule has 2 saturated carbocycles. The van der Waals surface area contributed by atoms with E-state index in [1.54, 1.807) is 0 Å². The molecule has 0 saturated heterocycles. The SMILES string of the molecule is CCCCNC1CC(C(=S)Cl)CC(S(N)(=O)=O)C1OC1CCCCC1. The Kier molecular flexibility index (Phi) is 8.56. The average Bonchev–Trinajstić information content (AvgIpc) is 2.56. The zero-order chi connectivity index (χ0) is 18.4. The lowest BCUT2D eigenvalue weighted by atomic mass is 9.83. The summed E-state index contributed by atoms with van der Waals surface area (Å²) in [4.78, 5) is 0. The van der Waals surface area contributed by atoms with Crippen LogP contribution in [0.3, 0.4) is 0 Å². The third kappa shape index (κ3) is 6.40. The molecule has 3 N–H and O–H groups in total. The molecule has 0 bridgehead atoms. The van der Waals surface area contributed by atoms with Crippen LogP contribution < -0.4 is 10.5 Å². The van der Waals surface area contributed by atoms with Gasteiger partial charge in [-0.25, -0.2) is 13.6 Å². The van der Waals surface area contributed by atoms with Crippen molar-refractivity contribution in [1.29, 1.82) is 0 Å². The molecular formula is C17H31ClN2O3S2. The zero-order valence-electron chi connectivity index (χ0n) is 15.0. The van der Waals surface area contributed by atoms with Gasteiger partial charge in [-0.1, -0.05) is 56.4 Å². The van der Waals surface area contributed by atoms with Crippen molar-refractivity contribution in [1.82, 2.24) is 5.32 Å². The lowest BCUT2D eigenvalue weighted by molar-refractivity contribution is -0.0609. The molecule has 0 aromatic rings. The fraction of sp³-hybridized carbons (Fsp3) is 0.941. The molecule has 2 aliphatic carbocycles. The van der Waals surface area contributed by atoms with Crippen molar-refractivity contribution in [3.05, 3.63) is 0 Å². The van der Waals surface area contributed by atoms with E-state index in [0.29, 0.717) is 17.2 Å². The van der Waals surface area contributed by atoms with Crippen LogP contribution >= 0.6 is 23.8 Å². The first-order chi connectivity index (χ1) is 11.8. The smallest absolute Gasteiger partial charge is 0.214 e. The highest BCUT2D eigenvalue weighted by Gasteiger charge is 2.45. The molecule has 4 atom stereocenters. The lowest BCUT2D eigenvalue weighted by Crippen LogP contribution is -2.58. The van der Waals surface area contributed by atoms with Crippen molar-refractivity contribution in [2.45, 2.75) is 88.2 Å². The van der Waals surface area contributed by atoms with Crippen LogP contribution in [-0.2, 0) is 14.8 Å². The van der Waals surface area contributed by atoms with E-state index >= 15 is 0 Å². The first-order valence-corrected chi connectivity index (χ1v) is 11.8. The molecule has 0 spiro atoms. The predicted molar refractivity (Wildman–Crippen MR) is 107 cm³/mol. The van der Waals surface area contributed by atoms with E-state index in [4.69, 9.17) is 33.7 Å². The number of ether oxygens (including phenoxy) is 1. The van der Waals surface area contributed by atoms with Gasteiger partial charge in [0.25, 0.3) is 0 Å². The minimum Gasteiger partial charge on any atom is -0.372 e. The number of primary sulfonamides is 1. The molecule has 0 amide bonds. The summed E-state index contributed by atoms with van der Waals surface area (Å²) in [7, 11) is -3.74. The summed E-state index contributed by atoms with van der Waals surface area (Å²) in [5.41, 5.74) is 0. The monoisotopic (exact) mass is 410 g/mol. The second-order valence-corrected chi connectivity index (χ2v) is 10.2. The summed E-state index contributed by atoms with van der Waals surface area (Å²) in [6.07, 6.45) is 8.34. The standard InChI is InChI=1S/C17H31ClN2O3S2/c1-2-3-9-20-14-10-12(17(18)24)11-15(25(19,21)22)16(14)23-13-7-5-4-6-8-13/h12-16,20H,2-11H2,1H3,(H2,19,21,22). The molecule has 146 valence electrons. The van der Waals surface area contributed by atoms with Gasteiger partial charge in [0.05, 0.1) is 16.5 Å². The molecule has 4 unspecified atom stereocenters. The summed E-state index contributed by atoms with van der Waals surface area (Å²) < 4.78 is 31.2. The van der Waals surface area contributed by atoms with E-state index in [9.17, 15) is 8.42 Å². The van der Waals surface area contributed by atoms with E-state index in [1.165, 1.54) is 6.42 Å². The van der Waals surface area contributed by atoms with Crippen molar-refractivity contribution in [3.8, 4) is 0 Å². The Labute approximate surface area is 162 Å². The Hall–Kier alpha value is 0.210. The fourth-order valence-electron chi connectivity index (χ4n) is 3.99. The van der Waals surface area contributed by atoms with Gasteiger partial charge < -0.3 is 10.1 Å². The van der Waals surface area contributed by atoms with Gasteiger partial charge in [-0.05, 0) is 38.6 Å². The molecule has 2 aliphatic rings. The van der Waals surface area contributed by atoms with Crippen LogP contribution in [0.15, 0.2) is 0 Å². The van der Waals surface area contributed by atoms with Crippen molar-refractivity contribution in [2.24, 2.45) is 11.1 Å². The minimum absolute atomic E-state index is 0.0905. The van der Waals surface area contributed by atoms with Gasteiger partial charge >= 0.3 is 0 Å². The fourth-order valence-corrected chi connectivity index (χ4v) is 5.49. The lowest BCUT2D eigenvalue weighted by Gasteiger charge is -2.42. The maximum Gasteiger partial charge on any atom is 0.214 e. The molecule has 0 heterocycles. The first-order valence-electron chi connectivity index (χ1n) is 9.42. The quantitative estimate of drug-likeness (QED) is 0.365.